The van der Waals surface area contributed by atoms with Crippen LogP contribution in [-0.4, -0.2) is 102 Å². The number of morpholine rings is 1. The van der Waals surface area contributed by atoms with E-state index in [9.17, 15) is 4.79 Å². The fourth-order valence-corrected chi connectivity index (χ4v) is 5.03. The molecular formula is C27H38ClFN6O5. The number of anilines is 1. The Hall–Kier alpha value is -2.70. The van der Waals surface area contributed by atoms with Crippen LogP contribution in [0.15, 0.2) is 0 Å². The van der Waals surface area contributed by atoms with Gasteiger partial charge in [0.05, 0.1) is 25.9 Å². The van der Waals surface area contributed by atoms with Gasteiger partial charge in [-0.3, -0.25) is 4.90 Å². The van der Waals surface area contributed by atoms with Crippen molar-refractivity contribution in [1.29, 1.82) is 0 Å². The molecule has 40 heavy (non-hydrogen) atoms. The number of carbonyl (C=O) groups excluding carboxylic acids is 1. The number of carbonyl (C=O) groups is 1. The summed E-state index contributed by atoms with van der Waals surface area (Å²) in [5.41, 5.74) is -0.636. The summed E-state index contributed by atoms with van der Waals surface area (Å²) in [7, 11) is 0. The Morgan fingerprint density at radius 2 is 1.93 bits per heavy atom. The third-order valence-corrected chi connectivity index (χ3v) is 7.51. The summed E-state index contributed by atoms with van der Waals surface area (Å²) < 4.78 is 38.6. The van der Waals surface area contributed by atoms with E-state index in [1.54, 1.807) is 4.90 Å². The minimum absolute atomic E-state index is 0.0219. The van der Waals surface area contributed by atoms with E-state index < -0.39 is 17.5 Å². The lowest BCUT2D eigenvalue weighted by atomic mass is 10.1. The quantitative estimate of drug-likeness (QED) is 0.518. The van der Waals surface area contributed by atoms with Crippen molar-refractivity contribution in [2.75, 3.05) is 64.4 Å². The van der Waals surface area contributed by atoms with Crippen molar-refractivity contribution in [2.45, 2.75) is 58.7 Å². The highest BCUT2D eigenvalue weighted by Crippen LogP contribution is 2.46. The van der Waals surface area contributed by atoms with Gasteiger partial charge in [0.25, 0.3) is 0 Å². The Morgan fingerprint density at radius 1 is 1.18 bits per heavy atom. The Balaban J connectivity index is 1.40. The summed E-state index contributed by atoms with van der Waals surface area (Å²) in [4.78, 5) is 30.0. The van der Waals surface area contributed by atoms with Crippen molar-refractivity contribution in [2.24, 2.45) is 5.41 Å². The van der Waals surface area contributed by atoms with Crippen molar-refractivity contribution in [1.82, 2.24) is 24.8 Å². The lowest BCUT2D eigenvalue weighted by molar-refractivity contribution is 0.0231. The highest BCUT2D eigenvalue weighted by molar-refractivity contribution is 6.30. The topological polar surface area (TPSA) is 111 Å². The molecule has 1 saturated carbocycles. The number of nitrogens with zero attached hydrogens (tertiary/aromatic N) is 5. The van der Waals surface area contributed by atoms with Gasteiger partial charge in [-0.2, -0.15) is 15.0 Å². The molecule has 2 fully saturated rings. The second-order valence-corrected chi connectivity index (χ2v) is 12.2. The van der Waals surface area contributed by atoms with Gasteiger partial charge in [0, 0.05) is 51.1 Å². The summed E-state index contributed by atoms with van der Waals surface area (Å²) in [5.74, 6) is -0.347. The molecule has 3 aliphatic rings. The molecule has 0 radical (unpaired) electrons. The number of amides is 1. The minimum Gasteiger partial charge on any atom is -0.474 e. The normalized spacial score (nSPS) is 21.6. The molecule has 1 N–H and O–H groups in total. The summed E-state index contributed by atoms with van der Waals surface area (Å²) >= 11 is 6.17. The van der Waals surface area contributed by atoms with Crippen LogP contribution >= 0.6 is 11.6 Å². The van der Waals surface area contributed by atoms with Gasteiger partial charge >= 0.3 is 12.1 Å². The molecule has 13 heteroatoms. The van der Waals surface area contributed by atoms with E-state index in [0.717, 1.165) is 45.7 Å². The molecule has 2 aromatic heterocycles. The van der Waals surface area contributed by atoms with E-state index >= 15 is 4.39 Å². The summed E-state index contributed by atoms with van der Waals surface area (Å²) in [6.07, 6.45) is 1.81. The number of hydrogen-bond donors (Lipinski definition) is 1. The van der Waals surface area contributed by atoms with Crippen LogP contribution < -0.4 is 14.8 Å². The molecule has 1 aliphatic carbocycles. The Labute approximate surface area is 238 Å². The second kappa shape index (κ2) is 11.7. The van der Waals surface area contributed by atoms with Crippen LogP contribution in [0.4, 0.5) is 15.0 Å². The van der Waals surface area contributed by atoms with Crippen LogP contribution in [0.2, 0.25) is 5.15 Å². The van der Waals surface area contributed by atoms with Gasteiger partial charge in [0.1, 0.15) is 22.3 Å². The third-order valence-electron chi connectivity index (χ3n) is 7.26. The number of ether oxygens (including phenoxy) is 4. The number of hydrogen-bond acceptors (Lipinski definition) is 10. The van der Waals surface area contributed by atoms with Crippen molar-refractivity contribution in [3.05, 3.63) is 11.0 Å². The Bertz CT molecular complexity index is 1230. The van der Waals surface area contributed by atoms with Gasteiger partial charge in [-0.05, 0) is 40.5 Å². The molecule has 220 valence electrons. The highest BCUT2D eigenvalue weighted by atomic mass is 35.5. The molecule has 2 aliphatic heterocycles. The smallest absolute Gasteiger partial charge is 0.410 e. The number of nitrogens with one attached hydrogen (secondary N) is 1. The van der Waals surface area contributed by atoms with Crippen LogP contribution in [0.3, 0.4) is 0 Å². The van der Waals surface area contributed by atoms with E-state index in [1.165, 1.54) is 0 Å². The molecule has 5 rings (SSSR count). The highest BCUT2D eigenvalue weighted by Gasteiger charge is 2.45. The molecule has 0 bridgehead atoms. The van der Waals surface area contributed by atoms with Gasteiger partial charge in [0.15, 0.2) is 11.0 Å². The lowest BCUT2D eigenvalue weighted by Crippen LogP contribution is -2.41. The Morgan fingerprint density at radius 3 is 2.62 bits per heavy atom. The standard InChI is InChI=1S/C27H38ClFN6O5/c1-17-5-9-35(25(36)40-26(2,3)4)10-8-30-22-18-20(19(29)21(28)32-23(18)39-17)31-24(33-22)38-16-27(6-7-27)15-34-11-13-37-14-12-34/h17H,5-16H2,1-4H3,(H,30,31,33). The van der Waals surface area contributed by atoms with E-state index in [2.05, 4.69) is 25.2 Å². The van der Waals surface area contributed by atoms with Crippen LogP contribution in [0.5, 0.6) is 11.9 Å². The van der Waals surface area contributed by atoms with Gasteiger partial charge in [-0.25, -0.2) is 9.18 Å². The maximum atomic E-state index is 15.3. The Kier molecular flexibility index (Phi) is 8.40. The molecule has 0 aromatic carbocycles. The van der Waals surface area contributed by atoms with E-state index in [-0.39, 0.29) is 39.5 Å². The van der Waals surface area contributed by atoms with Gasteiger partial charge in [-0.15, -0.1) is 0 Å². The first-order valence-corrected chi connectivity index (χ1v) is 14.3. The maximum Gasteiger partial charge on any atom is 0.410 e. The average molecular weight is 581 g/mol. The predicted molar refractivity (Wildman–Crippen MR) is 148 cm³/mol. The maximum absolute atomic E-state index is 15.3. The predicted octanol–water partition coefficient (Wildman–Crippen LogP) is 4.13. The zero-order valence-electron chi connectivity index (χ0n) is 23.6. The van der Waals surface area contributed by atoms with Crippen LogP contribution in [0.1, 0.15) is 47.0 Å². The molecule has 11 nitrogen and oxygen atoms in total. The zero-order valence-corrected chi connectivity index (χ0v) is 24.4. The molecule has 1 unspecified atom stereocenters. The lowest BCUT2D eigenvalue weighted by Gasteiger charge is -2.30. The molecule has 1 atom stereocenters. The second-order valence-electron chi connectivity index (χ2n) is 11.9. The van der Waals surface area contributed by atoms with Crippen LogP contribution in [0.25, 0.3) is 10.9 Å². The van der Waals surface area contributed by atoms with E-state index in [1.807, 2.05) is 27.7 Å². The molecule has 2 aromatic rings. The number of halogens is 2. The summed E-state index contributed by atoms with van der Waals surface area (Å²) in [6.45, 7) is 13.0. The van der Waals surface area contributed by atoms with Gasteiger partial charge in [-0.1, -0.05) is 11.6 Å². The van der Waals surface area contributed by atoms with Crippen molar-refractivity contribution >= 4 is 34.4 Å². The minimum atomic E-state index is -0.772. The van der Waals surface area contributed by atoms with Crippen molar-refractivity contribution < 1.29 is 28.1 Å². The fourth-order valence-electron chi connectivity index (χ4n) is 4.86. The van der Waals surface area contributed by atoms with Crippen LogP contribution in [0, 0.1) is 11.2 Å². The molecular weight excluding hydrogens is 543 g/mol. The first-order valence-electron chi connectivity index (χ1n) is 13.9. The SMILES string of the molecule is CC1CCN(C(=O)OC(C)(C)C)CCNc2nc(OCC3(CN4CCOCC4)CC3)nc3c(F)c(Cl)nc(c23)O1. The largest absolute Gasteiger partial charge is 0.474 e. The van der Waals surface area contributed by atoms with E-state index in [0.29, 0.717) is 38.5 Å². The van der Waals surface area contributed by atoms with Crippen molar-refractivity contribution in [3.63, 3.8) is 0 Å². The molecule has 4 heterocycles. The van der Waals surface area contributed by atoms with E-state index in [4.69, 9.17) is 30.5 Å². The monoisotopic (exact) mass is 580 g/mol. The molecule has 0 spiro atoms. The number of rotatable bonds is 5. The zero-order chi connectivity index (χ0) is 28.5. The fraction of sp³-hybridized carbons (Fsp3) is 0.704. The molecule has 1 amide bonds. The van der Waals surface area contributed by atoms with Crippen LogP contribution in [-0.2, 0) is 9.47 Å². The first-order chi connectivity index (χ1) is 19.0. The van der Waals surface area contributed by atoms with Gasteiger partial charge in [0.2, 0.25) is 5.88 Å². The summed E-state index contributed by atoms with van der Waals surface area (Å²) in [5, 5.41) is 3.15. The third kappa shape index (κ3) is 6.95. The first kappa shape index (κ1) is 28.8. The summed E-state index contributed by atoms with van der Waals surface area (Å²) in [6, 6.07) is 0.0438. The average Bonchev–Trinajstić information content (AvgIpc) is 3.66. The van der Waals surface area contributed by atoms with Gasteiger partial charge < -0.3 is 29.2 Å². The number of aromatic nitrogens is 3. The molecule has 1 saturated heterocycles. The van der Waals surface area contributed by atoms with Crippen molar-refractivity contribution in [3.8, 4) is 11.9 Å². The number of pyridine rings is 1.